The largest absolute Gasteiger partial charge is 0.468 e. The van der Waals surface area contributed by atoms with Crippen LogP contribution in [0.3, 0.4) is 0 Å². The van der Waals surface area contributed by atoms with Crippen molar-refractivity contribution in [2.24, 2.45) is 4.99 Å². The van der Waals surface area contributed by atoms with E-state index in [0.717, 1.165) is 16.2 Å². The summed E-state index contributed by atoms with van der Waals surface area (Å²) in [5.74, 6) is -1.17. The number of carbonyl (C=O) groups is 2. The van der Waals surface area contributed by atoms with Crippen LogP contribution in [0, 0.1) is 5.82 Å². The fourth-order valence-electron chi connectivity index (χ4n) is 2.19. The standard InChI is InChI=1S/C16H13FN2O3S2/c1-22-15(21)9-19-12-5-4-10(17)7-13(12)24-16(19)18-14(20)8-11-3-2-6-23-11/h2-7H,8-9H2,1H3. The lowest BCUT2D eigenvalue weighted by Crippen LogP contribution is -2.22. The van der Waals surface area contributed by atoms with Crippen molar-refractivity contribution in [2.75, 3.05) is 7.11 Å². The number of amides is 1. The zero-order valence-electron chi connectivity index (χ0n) is 12.7. The van der Waals surface area contributed by atoms with Crippen molar-refractivity contribution in [3.63, 3.8) is 0 Å². The number of benzene rings is 1. The van der Waals surface area contributed by atoms with Gasteiger partial charge in [-0.2, -0.15) is 4.99 Å². The van der Waals surface area contributed by atoms with Gasteiger partial charge in [0.1, 0.15) is 12.4 Å². The van der Waals surface area contributed by atoms with Crippen molar-refractivity contribution < 1.29 is 18.7 Å². The summed E-state index contributed by atoms with van der Waals surface area (Å²) in [6.45, 7) is -0.0900. The lowest BCUT2D eigenvalue weighted by molar-refractivity contribution is -0.141. The van der Waals surface area contributed by atoms with E-state index < -0.39 is 5.97 Å². The van der Waals surface area contributed by atoms with Crippen LogP contribution < -0.4 is 4.80 Å². The number of esters is 1. The van der Waals surface area contributed by atoms with E-state index in [0.29, 0.717) is 15.0 Å². The molecule has 1 aromatic carbocycles. The summed E-state index contributed by atoms with van der Waals surface area (Å²) in [6.07, 6.45) is 0.193. The molecule has 0 aliphatic heterocycles. The number of carbonyl (C=O) groups excluding carboxylic acids is 2. The van der Waals surface area contributed by atoms with Gasteiger partial charge in [-0.3, -0.25) is 9.59 Å². The van der Waals surface area contributed by atoms with Crippen molar-refractivity contribution in [1.29, 1.82) is 0 Å². The van der Waals surface area contributed by atoms with Crippen LogP contribution in [-0.4, -0.2) is 23.6 Å². The summed E-state index contributed by atoms with van der Waals surface area (Å²) < 4.78 is 20.3. The molecule has 0 fully saturated rings. The minimum Gasteiger partial charge on any atom is -0.468 e. The second-order valence-corrected chi connectivity index (χ2v) is 6.96. The molecule has 0 bridgehead atoms. The monoisotopic (exact) mass is 364 g/mol. The first-order chi connectivity index (χ1) is 11.6. The van der Waals surface area contributed by atoms with Gasteiger partial charge in [-0.15, -0.1) is 11.3 Å². The van der Waals surface area contributed by atoms with Gasteiger partial charge in [-0.05, 0) is 29.6 Å². The zero-order valence-corrected chi connectivity index (χ0v) is 14.3. The smallest absolute Gasteiger partial charge is 0.325 e. The van der Waals surface area contributed by atoms with E-state index in [4.69, 9.17) is 0 Å². The molecule has 3 rings (SSSR count). The van der Waals surface area contributed by atoms with Gasteiger partial charge in [0.15, 0.2) is 4.80 Å². The summed E-state index contributed by atoms with van der Waals surface area (Å²) in [6, 6.07) is 7.96. The van der Waals surface area contributed by atoms with Gasteiger partial charge in [0.25, 0.3) is 5.91 Å². The van der Waals surface area contributed by atoms with Crippen molar-refractivity contribution in [2.45, 2.75) is 13.0 Å². The minimum absolute atomic E-state index is 0.0900. The molecular formula is C16H13FN2O3S2. The summed E-state index contributed by atoms with van der Waals surface area (Å²) in [5, 5.41) is 1.89. The first kappa shape index (κ1) is 16.5. The average molecular weight is 364 g/mol. The topological polar surface area (TPSA) is 60.7 Å². The number of thiophene rings is 1. The Morgan fingerprint density at radius 3 is 2.88 bits per heavy atom. The molecule has 0 spiro atoms. The lowest BCUT2D eigenvalue weighted by atomic mass is 10.3. The van der Waals surface area contributed by atoms with Gasteiger partial charge < -0.3 is 9.30 Å². The average Bonchev–Trinajstić information content (AvgIpc) is 3.15. The minimum atomic E-state index is -0.466. The van der Waals surface area contributed by atoms with Crippen molar-refractivity contribution in [3.8, 4) is 0 Å². The molecule has 0 radical (unpaired) electrons. The van der Waals surface area contributed by atoms with Crippen LogP contribution in [0.4, 0.5) is 4.39 Å². The SMILES string of the molecule is COC(=O)Cn1c(=NC(=O)Cc2cccs2)sc2cc(F)ccc21. The van der Waals surface area contributed by atoms with E-state index in [1.165, 1.54) is 30.6 Å². The molecule has 124 valence electrons. The normalized spacial score (nSPS) is 11.8. The number of hydrogen-bond donors (Lipinski definition) is 0. The van der Waals surface area contributed by atoms with Crippen LogP contribution in [0.5, 0.6) is 0 Å². The number of aromatic nitrogens is 1. The number of rotatable bonds is 4. The Hall–Kier alpha value is -2.32. The third-order valence-corrected chi connectivity index (χ3v) is 5.20. The van der Waals surface area contributed by atoms with Crippen molar-refractivity contribution >= 4 is 44.8 Å². The molecule has 0 saturated carbocycles. The van der Waals surface area contributed by atoms with Crippen LogP contribution >= 0.6 is 22.7 Å². The molecule has 5 nitrogen and oxygen atoms in total. The lowest BCUT2D eigenvalue weighted by Gasteiger charge is -2.03. The van der Waals surface area contributed by atoms with Crippen molar-refractivity contribution in [3.05, 3.63) is 51.2 Å². The number of methoxy groups -OCH3 is 1. The number of nitrogens with zero attached hydrogens (tertiary/aromatic N) is 2. The molecule has 1 amide bonds. The maximum atomic E-state index is 13.4. The molecule has 2 heterocycles. The molecule has 8 heteroatoms. The molecule has 3 aromatic rings. The number of thiazole rings is 1. The predicted octanol–water partition coefficient (Wildman–Crippen LogP) is 2.75. The number of ether oxygens (including phenoxy) is 1. The van der Waals surface area contributed by atoms with Crippen LogP contribution in [0.2, 0.25) is 0 Å². The Morgan fingerprint density at radius 2 is 2.17 bits per heavy atom. The summed E-state index contributed by atoms with van der Waals surface area (Å²) in [5.41, 5.74) is 0.634. The molecule has 0 saturated heterocycles. The maximum absolute atomic E-state index is 13.4. The molecule has 24 heavy (non-hydrogen) atoms. The Labute approximate surface area is 144 Å². The van der Waals surface area contributed by atoms with E-state index in [2.05, 4.69) is 9.73 Å². The molecule has 0 atom stereocenters. The number of halogens is 1. The van der Waals surface area contributed by atoms with E-state index in [1.54, 1.807) is 10.6 Å². The van der Waals surface area contributed by atoms with Gasteiger partial charge in [-0.1, -0.05) is 17.4 Å². The van der Waals surface area contributed by atoms with E-state index >= 15 is 0 Å². The highest BCUT2D eigenvalue weighted by molar-refractivity contribution is 7.16. The highest BCUT2D eigenvalue weighted by atomic mass is 32.1. The Balaban J connectivity index is 2.04. The first-order valence-electron chi connectivity index (χ1n) is 7.02. The van der Waals surface area contributed by atoms with Gasteiger partial charge in [0.2, 0.25) is 0 Å². The second kappa shape index (κ2) is 7.06. The molecule has 0 aliphatic carbocycles. The summed E-state index contributed by atoms with van der Waals surface area (Å²) >= 11 is 2.64. The first-order valence-corrected chi connectivity index (χ1v) is 8.72. The Kier molecular flexibility index (Phi) is 4.86. The third kappa shape index (κ3) is 3.60. The van der Waals surface area contributed by atoms with Gasteiger partial charge in [0.05, 0.1) is 23.7 Å². The Bertz CT molecular complexity index is 958. The predicted molar refractivity (Wildman–Crippen MR) is 90.4 cm³/mol. The van der Waals surface area contributed by atoms with Crippen LogP contribution in [0.15, 0.2) is 40.7 Å². The molecule has 0 aliphatic rings. The summed E-state index contributed by atoms with van der Waals surface area (Å²) in [4.78, 5) is 29.2. The number of fused-ring (bicyclic) bond motifs is 1. The van der Waals surface area contributed by atoms with E-state index in [9.17, 15) is 14.0 Å². The van der Waals surface area contributed by atoms with Gasteiger partial charge >= 0.3 is 5.97 Å². The van der Waals surface area contributed by atoms with E-state index in [1.807, 2.05) is 17.5 Å². The van der Waals surface area contributed by atoms with E-state index in [-0.39, 0.29) is 24.7 Å². The maximum Gasteiger partial charge on any atom is 0.325 e. The molecule has 2 aromatic heterocycles. The second-order valence-electron chi connectivity index (χ2n) is 4.92. The zero-order chi connectivity index (χ0) is 17.1. The fourth-order valence-corrected chi connectivity index (χ4v) is 3.95. The molecular weight excluding hydrogens is 351 g/mol. The fraction of sp³-hybridized carbons (Fsp3) is 0.188. The quantitative estimate of drug-likeness (QED) is 0.669. The summed E-state index contributed by atoms with van der Waals surface area (Å²) in [7, 11) is 1.29. The van der Waals surface area contributed by atoms with Crippen LogP contribution in [-0.2, 0) is 27.3 Å². The highest BCUT2D eigenvalue weighted by Crippen LogP contribution is 2.19. The van der Waals surface area contributed by atoms with Crippen molar-refractivity contribution in [1.82, 2.24) is 4.57 Å². The van der Waals surface area contributed by atoms with Gasteiger partial charge in [-0.25, -0.2) is 4.39 Å². The van der Waals surface area contributed by atoms with Crippen LogP contribution in [0.25, 0.3) is 10.2 Å². The number of hydrogen-bond acceptors (Lipinski definition) is 5. The Morgan fingerprint density at radius 1 is 1.33 bits per heavy atom. The molecule has 0 N–H and O–H groups in total. The highest BCUT2D eigenvalue weighted by Gasteiger charge is 2.12. The van der Waals surface area contributed by atoms with Crippen LogP contribution in [0.1, 0.15) is 4.88 Å². The third-order valence-electron chi connectivity index (χ3n) is 3.29. The molecule has 0 unspecified atom stereocenters. The van der Waals surface area contributed by atoms with Gasteiger partial charge in [0, 0.05) is 4.88 Å².